The average Bonchev–Trinajstić information content (AvgIpc) is 2.70. The number of benzene rings is 1. The third-order valence-electron chi connectivity index (χ3n) is 2.73. The number of fused-ring (bicyclic) bond motifs is 1. The topological polar surface area (TPSA) is 57.2 Å². The number of esters is 1. The summed E-state index contributed by atoms with van der Waals surface area (Å²) in [7, 11) is 0. The van der Waals surface area contributed by atoms with Crippen molar-refractivity contribution in [1.82, 2.24) is 4.57 Å². The van der Waals surface area contributed by atoms with Crippen molar-refractivity contribution in [2.75, 3.05) is 0 Å². The van der Waals surface area contributed by atoms with Crippen LogP contribution in [0.25, 0.3) is 10.9 Å². The van der Waals surface area contributed by atoms with Gasteiger partial charge in [0.25, 0.3) is 0 Å². The average molecular weight is 276 g/mol. The standard InChI is InChI=1S/C14H16N2O2S/c1-9(2)18-13(17)8-16-6-5-10-3-4-11(14(15)19)7-12(10)16/h3-7,9H,8H2,1-2H3,(H2,15,19). The predicted molar refractivity (Wildman–Crippen MR) is 79.1 cm³/mol. The second-order valence-corrected chi connectivity index (χ2v) is 5.06. The van der Waals surface area contributed by atoms with Crippen LogP contribution in [0.1, 0.15) is 19.4 Å². The van der Waals surface area contributed by atoms with Crippen LogP contribution in [-0.4, -0.2) is 21.6 Å². The number of hydrogen-bond donors (Lipinski definition) is 1. The summed E-state index contributed by atoms with van der Waals surface area (Å²) in [5, 5.41) is 1.04. The number of hydrogen-bond acceptors (Lipinski definition) is 3. The van der Waals surface area contributed by atoms with E-state index in [0.29, 0.717) is 4.99 Å². The molecule has 1 heterocycles. The number of nitrogens with two attached hydrogens (primary N) is 1. The molecule has 2 aromatic rings. The number of carbonyl (C=O) groups excluding carboxylic acids is 1. The molecule has 19 heavy (non-hydrogen) atoms. The lowest BCUT2D eigenvalue weighted by Crippen LogP contribution is -2.17. The highest BCUT2D eigenvalue weighted by Crippen LogP contribution is 2.18. The molecule has 0 bridgehead atoms. The van der Waals surface area contributed by atoms with Gasteiger partial charge in [-0.25, -0.2) is 0 Å². The molecule has 0 radical (unpaired) electrons. The molecule has 0 unspecified atom stereocenters. The van der Waals surface area contributed by atoms with Crippen molar-refractivity contribution in [3.63, 3.8) is 0 Å². The molecule has 2 N–H and O–H groups in total. The molecule has 100 valence electrons. The molecule has 5 heteroatoms. The van der Waals surface area contributed by atoms with Gasteiger partial charge in [-0.15, -0.1) is 0 Å². The molecule has 4 nitrogen and oxygen atoms in total. The number of ether oxygens (including phenoxy) is 1. The maximum Gasteiger partial charge on any atom is 0.326 e. The second kappa shape index (κ2) is 5.40. The Balaban J connectivity index is 2.30. The second-order valence-electron chi connectivity index (χ2n) is 4.62. The van der Waals surface area contributed by atoms with Gasteiger partial charge in [0.1, 0.15) is 11.5 Å². The summed E-state index contributed by atoms with van der Waals surface area (Å²) in [6.07, 6.45) is 1.75. The van der Waals surface area contributed by atoms with Crippen LogP contribution in [0.5, 0.6) is 0 Å². The smallest absolute Gasteiger partial charge is 0.326 e. The zero-order chi connectivity index (χ0) is 14.0. The normalized spacial score (nSPS) is 10.9. The Hall–Kier alpha value is -1.88. The molecule has 0 spiro atoms. The lowest BCUT2D eigenvalue weighted by Gasteiger charge is -2.09. The zero-order valence-electron chi connectivity index (χ0n) is 10.9. The Morgan fingerprint density at radius 2 is 2.16 bits per heavy atom. The predicted octanol–water partition coefficient (Wildman–Crippen LogP) is 2.23. The molecule has 0 saturated carbocycles. The highest BCUT2D eigenvalue weighted by Gasteiger charge is 2.09. The van der Waals surface area contributed by atoms with Gasteiger partial charge >= 0.3 is 5.97 Å². The molecular formula is C14H16N2O2S. The maximum atomic E-state index is 11.7. The van der Waals surface area contributed by atoms with Gasteiger partial charge in [-0.05, 0) is 31.4 Å². The van der Waals surface area contributed by atoms with E-state index in [9.17, 15) is 4.79 Å². The fourth-order valence-electron chi connectivity index (χ4n) is 1.91. The van der Waals surface area contributed by atoms with E-state index < -0.39 is 0 Å². The molecule has 0 aliphatic rings. The van der Waals surface area contributed by atoms with E-state index >= 15 is 0 Å². The van der Waals surface area contributed by atoms with E-state index in [2.05, 4.69) is 0 Å². The van der Waals surface area contributed by atoms with E-state index in [1.54, 1.807) is 0 Å². The highest BCUT2D eigenvalue weighted by atomic mass is 32.1. The van der Waals surface area contributed by atoms with Crippen LogP contribution in [0.4, 0.5) is 0 Å². The first kappa shape index (κ1) is 13.5. The summed E-state index contributed by atoms with van der Waals surface area (Å²) in [6, 6.07) is 7.65. The third-order valence-corrected chi connectivity index (χ3v) is 2.96. The van der Waals surface area contributed by atoms with Gasteiger partial charge in [0.2, 0.25) is 0 Å². The largest absolute Gasteiger partial charge is 0.462 e. The summed E-state index contributed by atoms with van der Waals surface area (Å²) in [6.45, 7) is 3.84. The number of thiocarbonyl (C=S) groups is 1. The molecule has 0 amide bonds. The Labute approximate surface area is 117 Å². The molecule has 0 saturated heterocycles. The van der Waals surface area contributed by atoms with E-state index in [0.717, 1.165) is 16.5 Å². The minimum Gasteiger partial charge on any atom is -0.462 e. The van der Waals surface area contributed by atoms with Crippen molar-refractivity contribution in [1.29, 1.82) is 0 Å². The van der Waals surface area contributed by atoms with Crippen LogP contribution >= 0.6 is 12.2 Å². The van der Waals surface area contributed by atoms with Crippen LogP contribution < -0.4 is 5.73 Å². The molecular weight excluding hydrogens is 260 g/mol. The number of carbonyl (C=O) groups is 1. The minimum atomic E-state index is -0.256. The summed E-state index contributed by atoms with van der Waals surface area (Å²) < 4.78 is 6.98. The summed E-state index contributed by atoms with van der Waals surface area (Å²) in [5.41, 5.74) is 7.33. The van der Waals surface area contributed by atoms with E-state index in [1.807, 2.05) is 48.9 Å². The first-order valence-corrected chi connectivity index (χ1v) is 6.46. The number of nitrogens with zero attached hydrogens (tertiary/aromatic N) is 1. The lowest BCUT2D eigenvalue weighted by atomic mass is 10.1. The molecule has 0 atom stereocenters. The summed E-state index contributed by atoms with van der Waals surface area (Å²) >= 11 is 4.96. The molecule has 1 aromatic carbocycles. The van der Waals surface area contributed by atoms with Crippen LogP contribution in [0.15, 0.2) is 30.5 Å². The first-order valence-electron chi connectivity index (χ1n) is 6.05. The maximum absolute atomic E-state index is 11.7. The molecule has 0 aliphatic heterocycles. The molecule has 1 aromatic heterocycles. The highest BCUT2D eigenvalue weighted by molar-refractivity contribution is 7.80. The van der Waals surface area contributed by atoms with Gasteiger partial charge in [0.15, 0.2) is 0 Å². The monoisotopic (exact) mass is 276 g/mol. The van der Waals surface area contributed by atoms with Gasteiger partial charge in [-0.1, -0.05) is 24.4 Å². The van der Waals surface area contributed by atoms with Crippen molar-refractivity contribution >= 4 is 34.1 Å². The van der Waals surface area contributed by atoms with Crippen molar-refractivity contribution in [2.45, 2.75) is 26.5 Å². The minimum absolute atomic E-state index is 0.110. The van der Waals surface area contributed by atoms with Crippen LogP contribution in [0, 0.1) is 0 Å². The Kier molecular flexibility index (Phi) is 3.85. The third kappa shape index (κ3) is 3.12. The number of aromatic nitrogens is 1. The van der Waals surface area contributed by atoms with Crippen LogP contribution in [-0.2, 0) is 16.1 Å². The van der Waals surface area contributed by atoms with E-state index in [1.165, 1.54) is 0 Å². The van der Waals surface area contributed by atoms with Gasteiger partial charge in [-0.3, -0.25) is 4.79 Å². The number of rotatable bonds is 4. The van der Waals surface area contributed by atoms with Crippen LogP contribution in [0.2, 0.25) is 0 Å². The van der Waals surface area contributed by atoms with Gasteiger partial charge in [0.05, 0.1) is 6.10 Å². The molecule has 2 rings (SSSR count). The fraction of sp³-hybridized carbons (Fsp3) is 0.286. The summed E-state index contributed by atoms with van der Waals surface area (Å²) in [4.78, 5) is 12.0. The van der Waals surface area contributed by atoms with Crippen molar-refractivity contribution in [3.05, 3.63) is 36.0 Å². The molecule has 0 aliphatic carbocycles. The van der Waals surface area contributed by atoms with Crippen molar-refractivity contribution < 1.29 is 9.53 Å². The van der Waals surface area contributed by atoms with Gasteiger partial charge in [0, 0.05) is 17.3 Å². The zero-order valence-corrected chi connectivity index (χ0v) is 11.7. The van der Waals surface area contributed by atoms with Crippen molar-refractivity contribution in [2.24, 2.45) is 5.73 Å². The lowest BCUT2D eigenvalue weighted by molar-refractivity contribution is -0.148. The summed E-state index contributed by atoms with van der Waals surface area (Å²) in [5.74, 6) is -0.256. The van der Waals surface area contributed by atoms with Crippen LogP contribution in [0.3, 0.4) is 0 Å². The first-order chi connectivity index (χ1) is 8.97. The fourth-order valence-corrected chi connectivity index (χ4v) is 2.04. The van der Waals surface area contributed by atoms with Gasteiger partial charge in [-0.2, -0.15) is 0 Å². The van der Waals surface area contributed by atoms with Gasteiger partial charge < -0.3 is 15.0 Å². The Morgan fingerprint density at radius 3 is 2.79 bits per heavy atom. The molecule has 0 fully saturated rings. The Bertz CT molecular complexity index is 631. The van der Waals surface area contributed by atoms with E-state index in [4.69, 9.17) is 22.7 Å². The van der Waals surface area contributed by atoms with E-state index in [-0.39, 0.29) is 18.6 Å². The van der Waals surface area contributed by atoms with Crippen molar-refractivity contribution in [3.8, 4) is 0 Å². The Morgan fingerprint density at radius 1 is 1.42 bits per heavy atom. The quantitative estimate of drug-likeness (QED) is 0.687. The SMILES string of the molecule is CC(C)OC(=O)Cn1ccc2ccc(C(N)=S)cc21.